The number of aromatic amines is 1. The van der Waals surface area contributed by atoms with Crippen LogP contribution in [0.1, 0.15) is 21.7 Å². The van der Waals surface area contributed by atoms with E-state index in [1.54, 1.807) is 12.1 Å². The highest BCUT2D eigenvalue weighted by Crippen LogP contribution is 2.29. The van der Waals surface area contributed by atoms with Crippen molar-refractivity contribution in [1.82, 2.24) is 9.97 Å². The summed E-state index contributed by atoms with van der Waals surface area (Å²) in [6.45, 7) is 0. The van der Waals surface area contributed by atoms with Crippen LogP contribution in [0.4, 0.5) is 13.2 Å². The van der Waals surface area contributed by atoms with Gasteiger partial charge in [-0.1, -0.05) is 17.7 Å². The molecule has 25 heavy (non-hydrogen) atoms. The minimum Gasteiger partial charge on any atom is -0.366 e. The SMILES string of the molecule is C#Cc1nc2ccc(Cl)cc2[nH]1.NC(=O)c1cccc(C(F)(F)F)c1. The maximum absolute atomic E-state index is 12.1. The molecule has 3 N–H and O–H groups in total. The number of nitrogens with zero attached hydrogens (tertiary/aromatic N) is 1. The number of primary amides is 1. The number of nitrogens with two attached hydrogens (primary N) is 1. The van der Waals surface area contributed by atoms with Gasteiger partial charge in [-0.2, -0.15) is 13.2 Å². The van der Waals surface area contributed by atoms with Crippen molar-refractivity contribution in [2.75, 3.05) is 0 Å². The topological polar surface area (TPSA) is 71.8 Å². The number of alkyl halides is 3. The van der Waals surface area contributed by atoms with Gasteiger partial charge >= 0.3 is 6.18 Å². The van der Waals surface area contributed by atoms with Gasteiger partial charge in [0.2, 0.25) is 5.91 Å². The molecule has 4 nitrogen and oxygen atoms in total. The molecule has 0 aliphatic carbocycles. The number of nitrogens with one attached hydrogen (secondary N) is 1. The Hall–Kier alpha value is -2.98. The van der Waals surface area contributed by atoms with Gasteiger partial charge in [0.25, 0.3) is 0 Å². The van der Waals surface area contributed by atoms with Gasteiger partial charge < -0.3 is 10.7 Å². The minimum atomic E-state index is -4.44. The van der Waals surface area contributed by atoms with E-state index in [4.69, 9.17) is 23.8 Å². The largest absolute Gasteiger partial charge is 0.416 e. The van der Waals surface area contributed by atoms with Gasteiger partial charge in [-0.25, -0.2) is 4.98 Å². The second-order valence-electron chi connectivity index (χ2n) is 4.83. The van der Waals surface area contributed by atoms with E-state index >= 15 is 0 Å². The van der Waals surface area contributed by atoms with Crippen molar-refractivity contribution >= 4 is 28.5 Å². The Bertz CT molecular complexity index is 958. The molecule has 128 valence electrons. The van der Waals surface area contributed by atoms with Crippen LogP contribution >= 0.6 is 11.6 Å². The fraction of sp³-hybridized carbons (Fsp3) is 0.0588. The van der Waals surface area contributed by atoms with Crippen LogP contribution in [-0.2, 0) is 6.18 Å². The average Bonchev–Trinajstić information content (AvgIpc) is 2.97. The summed E-state index contributed by atoms with van der Waals surface area (Å²) < 4.78 is 36.2. The van der Waals surface area contributed by atoms with Gasteiger partial charge in [0.05, 0.1) is 16.6 Å². The fourth-order valence-corrected chi connectivity index (χ4v) is 2.07. The van der Waals surface area contributed by atoms with Crippen LogP contribution in [0.25, 0.3) is 11.0 Å². The van der Waals surface area contributed by atoms with Gasteiger partial charge in [-0.15, -0.1) is 6.42 Å². The smallest absolute Gasteiger partial charge is 0.366 e. The number of rotatable bonds is 1. The molecule has 2 aromatic carbocycles. The van der Waals surface area contributed by atoms with Crippen LogP contribution in [0.15, 0.2) is 42.5 Å². The Morgan fingerprint density at radius 2 is 1.96 bits per heavy atom. The zero-order valence-electron chi connectivity index (χ0n) is 12.6. The van der Waals surface area contributed by atoms with Crippen LogP contribution in [0.3, 0.4) is 0 Å². The number of hydrogen-bond acceptors (Lipinski definition) is 2. The molecule has 0 spiro atoms. The molecular weight excluding hydrogens is 355 g/mol. The lowest BCUT2D eigenvalue weighted by atomic mass is 10.1. The number of benzene rings is 2. The molecule has 0 aliphatic heterocycles. The van der Waals surface area contributed by atoms with E-state index < -0.39 is 17.6 Å². The molecule has 0 saturated carbocycles. The Balaban J connectivity index is 0.000000181. The average molecular weight is 366 g/mol. The molecule has 0 saturated heterocycles. The Labute approximate surface area is 145 Å². The first-order valence-electron chi connectivity index (χ1n) is 6.79. The van der Waals surface area contributed by atoms with Gasteiger partial charge in [-0.05, 0) is 42.3 Å². The Kier molecular flexibility index (Phi) is 5.35. The number of terminal acetylenes is 1. The van der Waals surface area contributed by atoms with Crippen LogP contribution in [0.5, 0.6) is 0 Å². The fourth-order valence-electron chi connectivity index (χ4n) is 1.90. The van der Waals surface area contributed by atoms with Crippen molar-refractivity contribution in [3.8, 4) is 12.3 Å². The summed E-state index contributed by atoms with van der Waals surface area (Å²) in [7, 11) is 0. The molecule has 1 amide bonds. The first kappa shape index (κ1) is 18.4. The zero-order valence-corrected chi connectivity index (χ0v) is 13.3. The summed E-state index contributed by atoms with van der Waals surface area (Å²) in [5, 5.41) is 0.676. The number of hydrogen-bond donors (Lipinski definition) is 2. The van der Waals surface area contributed by atoms with Crippen LogP contribution in [0, 0.1) is 12.3 Å². The molecule has 0 radical (unpaired) electrons. The molecular formula is C17H11ClF3N3O. The summed E-state index contributed by atoms with van der Waals surface area (Å²) in [5.41, 5.74) is 5.52. The van der Waals surface area contributed by atoms with Crippen molar-refractivity contribution in [3.05, 3.63) is 64.4 Å². The van der Waals surface area contributed by atoms with Gasteiger partial charge in [0.1, 0.15) is 0 Å². The second kappa shape index (κ2) is 7.28. The molecule has 8 heteroatoms. The van der Waals surface area contributed by atoms with E-state index in [-0.39, 0.29) is 5.56 Å². The molecule has 1 heterocycles. The van der Waals surface area contributed by atoms with Crippen LogP contribution < -0.4 is 5.73 Å². The van der Waals surface area contributed by atoms with Gasteiger partial charge in [-0.3, -0.25) is 4.79 Å². The summed E-state index contributed by atoms with van der Waals surface area (Å²) in [5.74, 6) is 2.09. The Morgan fingerprint density at radius 3 is 2.56 bits per heavy atom. The number of imidazole rings is 1. The van der Waals surface area contributed by atoms with Crippen molar-refractivity contribution in [1.29, 1.82) is 0 Å². The predicted octanol–water partition coefficient (Wildman–Crippen LogP) is 4.00. The normalized spacial score (nSPS) is 10.7. The van der Waals surface area contributed by atoms with Crippen LogP contribution in [-0.4, -0.2) is 15.9 Å². The lowest BCUT2D eigenvalue weighted by Gasteiger charge is -2.06. The number of halogens is 4. The van der Waals surface area contributed by atoms with Crippen molar-refractivity contribution in [3.63, 3.8) is 0 Å². The zero-order chi connectivity index (χ0) is 18.6. The van der Waals surface area contributed by atoms with E-state index in [0.717, 1.165) is 29.2 Å². The molecule has 0 atom stereocenters. The van der Waals surface area contributed by atoms with Crippen LogP contribution in [0.2, 0.25) is 5.02 Å². The van der Waals surface area contributed by atoms with E-state index in [1.165, 1.54) is 6.07 Å². The summed E-state index contributed by atoms with van der Waals surface area (Å²) in [6.07, 6.45) is 0.736. The van der Waals surface area contributed by atoms with E-state index in [2.05, 4.69) is 15.9 Å². The summed E-state index contributed by atoms with van der Waals surface area (Å²) >= 11 is 5.77. The summed E-state index contributed by atoms with van der Waals surface area (Å²) in [6, 6.07) is 9.39. The van der Waals surface area contributed by atoms with Crippen molar-refractivity contribution in [2.45, 2.75) is 6.18 Å². The van der Waals surface area contributed by atoms with E-state index in [0.29, 0.717) is 10.8 Å². The molecule has 0 unspecified atom stereocenters. The standard InChI is InChI=1S/C9H5ClN2.C8H6F3NO/c1-2-9-11-7-4-3-6(10)5-8(7)12-9;9-8(10,11)6-3-1-2-5(4-6)7(12)13/h1,3-5H,(H,11,12);1-4H,(H2,12,13). The maximum atomic E-state index is 12.1. The number of fused-ring (bicyclic) bond motifs is 1. The highest BCUT2D eigenvalue weighted by Gasteiger charge is 2.30. The number of carbonyl (C=O) groups excluding carboxylic acids is 1. The molecule has 3 rings (SSSR count). The van der Waals surface area contributed by atoms with Gasteiger partial charge in [0, 0.05) is 10.6 Å². The predicted molar refractivity (Wildman–Crippen MR) is 89.0 cm³/mol. The third kappa shape index (κ3) is 4.75. The van der Waals surface area contributed by atoms with Crippen molar-refractivity contribution < 1.29 is 18.0 Å². The van der Waals surface area contributed by atoms with Gasteiger partial charge in [0.15, 0.2) is 5.82 Å². The lowest BCUT2D eigenvalue weighted by molar-refractivity contribution is -0.137. The quantitative estimate of drug-likeness (QED) is 0.640. The highest BCUT2D eigenvalue weighted by atomic mass is 35.5. The number of carbonyl (C=O) groups is 1. The molecule has 1 aromatic heterocycles. The maximum Gasteiger partial charge on any atom is 0.416 e. The molecule has 0 fully saturated rings. The third-order valence-corrected chi connectivity index (χ3v) is 3.29. The summed E-state index contributed by atoms with van der Waals surface area (Å²) in [4.78, 5) is 17.6. The molecule has 3 aromatic rings. The first-order valence-corrected chi connectivity index (χ1v) is 7.17. The molecule has 0 bridgehead atoms. The lowest BCUT2D eigenvalue weighted by Crippen LogP contribution is -2.13. The third-order valence-electron chi connectivity index (χ3n) is 3.06. The van der Waals surface area contributed by atoms with E-state index in [9.17, 15) is 18.0 Å². The highest BCUT2D eigenvalue weighted by molar-refractivity contribution is 6.31. The first-order chi connectivity index (χ1) is 11.7. The second-order valence-corrected chi connectivity index (χ2v) is 5.27. The minimum absolute atomic E-state index is 0.144. The monoisotopic (exact) mass is 365 g/mol. The Morgan fingerprint density at radius 1 is 1.24 bits per heavy atom. The number of aromatic nitrogens is 2. The number of amides is 1. The van der Waals surface area contributed by atoms with E-state index in [1.807, 2.05) is 6.07 Å². The molecule has 0 aliphatic rings. The number of H-pyrrole nitrogens is 1. The van der Waals surface area contributed by atoms with Crippen molar-refractivity contribution in [2.24, 2.45) is 5.73 Å².